The van der Waals surface area contributed by atoms with Gasteiger partial charge in [0, 0.05) is 23.3 Å². The van der Waals surface area contributed by atoms with Crippen LogP contribution in [0.25, 0.3) is 0 Å². The summed E-state index contributed by atoms with van der Waals surface area (Å²) in [4.78, 5) is 12.8. The molecule has 0 spiro atoms. The molecule has 7 nitrogen and oxygen atoms in total. The maximum Gasteiger partial charge on any atom is 0.243 e. The average molecular weight is 528 g/mol. The number of nitrogens with zero attached hydrogens (tertiary/aromatic N) is 1. The van der Waals surface area contributed by atoms with Crippen LogP contribution in [0.15, 0.2) is 65.6 Å². The van der Waals surface area contributed by atoms with Gasteiger partial charge in [-0.05, 0) is 54.1 Å². The Kier molecular flexibility index (Phi) is 7.02. The number of benzene rings is 3. The molecule has 0 atom stereocenters. The van der Waals surface area contributed by atoms with Gasteiger partial charge in [-0.15, -0.1) is 0 Å². The van der Waals surface area contributed by atoms with E-state index in [-0.39, 0.29) is 23.3 Å². The normalized spacial score (nSPS) is 12.7. The van der Waals surface area contributed by atoms with Crippen molar-refractivity contribution in [2.24, 2.45) is 0 Å². The summed E-state index contributed by atoms with van der Waals surface area (Å²) < 4.78 is 38.3. The second-order valence-electron chi connectivity index (χ2n) is 7.09. The molecule has 0 aromatic heterocycles. The van der Waals surface area contributed by atoms with E-state index in [1.165, 1.54) is 24.3 Å². The van der Waals surface area contributed by atoms with Gasteiger partial charge in [-0.25, -0.2) is 8.42 Å². The molecule has 3 aromatic rings. The topological polar surface area (TPSA) is 84.9 Å². The van der Waals surface area contributed by atoms with E-state index in [9.17, 15) is 13.2 Å². The lowest BCUT2D eigenvalue weighted by atomic mass is 10.2. The van der Waals surface area contributed by atoms with Crippen molar-refractivity contribution in [3.63, 3.8) is 0 Å². The number of anilines is 1. The number of amides is 1. The van der Waals surface area contributed by atoms with Gasteiger partial charge >= 0.3 is 0 Å². The first kappa shape index (κ1) is 23.7. The summed E-state index contributed by atoms with van der Waals surface area (Å²) in [6, 6.07) is 15.4. The second kappa shape index (κ2) is 9.79. The largest absolute Gasteiger partial charge is 0.454 e. The van der Waals surface area contributed by atoms with Crippen LogP contribution >= 0.6 is 34.8 Å². The molecule has 0 radical (unpaired) electrons. The second-order valence-corrected chi connectivity index (χ2v) is 10.3. The summed E-state index contributed by atoms with van der Waals surface area (Å²) in [7, 11) is -4.04. The fraction of sp³-hybridized carbons (Fsp3) is 0.136. The van der Waals surface area contributed by atoms with Crippen LogP contribution in [0.1, 0.15) is 5.56 Å². The standard InChI is InChI=1S/C22H17Cl3N2O5S/c23-15-2-5-17(6-3-15)33(29,30)27(11-14-1-7-18(24)19(25)9-14)12-22(28)26-16-4-8-20-21(10-16)32-13-31-20/h1-10H,11-13H2,(H,26,28). The highest BCUT2D eigenvalue weighted by Crippen LogP contribution is 2.34. The smallest absolute Gasteiger partial charge is 0.243 e. The van der Waals surface area contributed by atoms with E-state index in [4.69, 9.17) is 44.3 Å². The van der Waals surface area contributed by atoms with Crippen molar-refractivity contribution in [3.05, 3.63) is 81.3 Å². The summed E-state index contributed by atoms with van der Waals surface area (Å²) in [6.07, 6.45) is 0. The van der Waals surface area contributed by atoms with Crippen LogP contribution in [0.4, 0.5) is 5.69 Å². The fourth-order valence-corrected chi connectivity index (χ4v) is 4.99. The lowest BCUT2D eigenvalue weighted by Gasteiger charge is -2.22. The molecule has 1 aliphatic rings. The predicted molar refractivity (Wildman–Crippen MR) is 127 cm³/mol. The SMILES string of the molecule is O=C(CN(Cc1ccc(Cl)c(Cl)c1)S(=O)(=O)c1ccc(Cl)cc1)Nc1ccc2c(c1)OCO2. The van der Waals surface area contributed by atoms with Gasteiger partial charge in [0.25, 0.3) is 0 Å². The summed E-state index contributed by atoms with van der Waals surface area (Å²) >= 11 is 18.0. The van der Waals surface area contributed by atoms with Gasteiger partial charge in [0.1, 0.15) is 0 Å². The minimum atomic E-state index is -4.04. The highest BCUT2D eigenvalue weighted by molar-refractivity contribution is 7.89. The van der Waals surface area contributed by atoms with Crippen molar-refractivity contribution in [1.82, 2.24) is 4.31 Å². The Hall–Kier alpha value is -2.49. The highest BCUT2D eigenvalue weighted by Gasteiger charge is 2.27. The van der Waals surface area contributed by atoms with Gasteiger partial charge in [0.2, 0.25) is 22.7 Å². The number of carbonyl (C=O) groups excluding carboxylic acids is 1. The lowest BCUT2D eigenvalue weighted by molar-refractivity contribution is -0.116. The van der Waals surface area contributed by atoms with Gasteiger partial charge in [0.15, 0.2) is 11.5 Å². The molecule has 4 rings (SSSR count). The van der Waals surface area contributed by atoms with Crippen molar-refractivity contribution in [2.75, 3.05) is 18.7 Å². The third-order valence-electron chi connectivity index (χ3n) is 4.77. The number of rotatable bonds is 7. The van der Waals surface area contributed by atoms with Gasteiger partial charge in [-0.2, -0.15) is 4.31 Å². The maximum atomic E-state index is 13.3. The van der Waals surface area contributed by atoms with Crippen molar-refractivity contribution in [2.45, 2.75) is 11.4 Å². The highest BCUT2D eigenvalue weighted by atomic mass is 35.5. The minimum absolute atomic E-state index is 0.00263. The van der Waals surface area contributed by atoms with E-state index < -0.39 is 22.5 Å². The average Bonchev–Trinajstić information content (AvgIpc) is 3.24. The molecule has 11 heteroatoms. The summed E-state index contributed by atoms with van der Waals surface area (Å²) in [5.74, 6) is 0.528. The molecule has 1 amide bonds. The number of carbonyl (C=O) groups is 1. The molecule has 0 saturated carbocycles. The van der Waals surface area contributed by atoms with Crippen molar-refractivity contribution in [3.8, 4) is 11.5 Å². The van der Waals surface area contributed by atoms with E-state index in [1.807, 2.05) is 0 Å². The number of nitrogens with one attached hydrogen (secondary N) is 1. The number of hydrogen-bond acceptors (Lipinski definition) is 5. The van der Waals surface area contributed by atoms with E-state index >= 15 is 0 Å². The Morgan fingerprint density at radius 1 is 0.909 bits per heavy atom. The number of fused-ring (bicyclic) bond motifs is 1. The molecule has 1 N–H and O–H groups in total. The molecule has 33 heavy (non-hydrogen) atoms. The summed E-state index contributed by atoms with van der Waals surface area (Å²) in [5.41, 5.74) is 1.01. The molecule has 0 aliphatic carbocycles. The van der Waals surface area contributed by atoms with Crippen LogP contribution in [0.5, 0.6) is 11.5 Å². The molecule has 3 aromatic carbocycles. The minimum Gasteiger partial charge on any atom is -0.454 e. The third kappa shape index (κ3) is 5.54. The summed E-state index contributed by atoms with van der Waals surface area (Å²) in [6.45, 7) is -0.445. The fourth-order valence-electron chi connectivity index (χ4n) is 3.16. The van der Waals surface area contributed by atoms with Gasteiger partial charge < -0.3 is 14.8 Å². The van der Waals surface area contributed by atoms with Crippen molar-refractivity contribution < 1.29 is 22.7 Å². The molecular weight excluding hydrogens is 511 g/mol. The first-order valence-corrected chi connectivity index (χ1v) is 12.2. The van der Waals surface area contributed by atoms with Gasteiger partial charge in [0.05, 0.1) is 21.5 Å². The molecule has 0 fully saturated rings. The van der Waals surface area contributed by atoms with E-state index in [0.717, 1.165) is 4.31 Å². The first-order valence-electron chi connectivity index (χ1n) is 9.61. The third-order valence-corrected chi connectivity index (χ3v) is 7.57. The zero-order valence-electron chi connectivity index (χ0n) is 16.9. The van der Waals surface area contributed by atoms with Crippen LogP contribution in [-0.4, -0.2) is 32.0 Å². The van der Waals surface area contributed by atoms with Crippen LogP contribution in [-0.2, 0) is 21.4 Å². The zero-order valence-corrected chi connectivity index (χ0v) is 20.0. The first-order chi connectivity index (χ1) is 15.7. The van der Waals surface area contributed by atoms with Gasteiger partial charge in [-0.3, -0.25) is 4.79 Å². The van der Waals surface area contributed by atoms with E-state index in [0.29, 0.717) is 32.8 Å². The lowest BCUT2D eigenvalue weighted by Crippen LogP contribution is -2.37. The molecular formula is C22H17Cl3N2O5S. The number of halogens is 3. The van der Waals surface area contributed by atoms with Crippen LogP contribution in [0.3, 0.4) is 0 Å². The number of sulfonamides is 1. The van der Waals surface area contributed by atoms with Crippen molar-refractivity contribution in [1.29, 1.82) is 0 Å². The Labute approximate surface area is 205 Å². The number of hydrogen-bond donors (Lipinski definition) is 1. The Morgan fingerprint density at radius 3 is 2.36 bits per heavy atom. The molecule has 172 valence electrons. The van der Waals surface area contributed by atoms with E-state index in [2.05, 4.69) is 5.32 Å². The van der Waals surface area contributed by atoms with Gasteiger partial charge in [-0.1, -0.05) is 40.9 Å². The van der Waals surface area contributed by atoms with Crippen LogP contribution in [0.2, 0.25) is 15.1 Å². The Balaban J connectivity index is 1.59. The zero-order chi connectivity index (χ0) is 23.6. The van der Waals surface area contributed by atoms with Crippen LogP contribution < -0.4 is 14.8 Å². The molecule has 1 aliphatic heterocycles. The maximum absolute atomic E-state index is 13.3. The monoisotopic (exact) mass is 526 g/mol. The van der Waals surface area contributed by atoms with E-state index in [1.54, 1.807) is 36.4 Å². The van der Waals surface area contributed by atoms with Crippen molar-refractivity contribution >= 4 is 56.4 Å². The molecule has 1 heterocycles. The molecule has 0 saturated heterocycles. The number of ether oxygens (including phenoxy) is 2. The Bertz CT molecular complexity index is 1300. The summed E-state index contributed by atoms with van der Waals surface area (Å²) in [5, 5.41) is 3.71. The predicted octanol–water partition coefficient (Wildman–Crippen LogP) is 5.21. The van der Waals surface area contributed by atoms with Crippen LogP contribution in [0, 0.1) is 0 Å². The quantitative estimate of drug-likeness (QED) is 0.456. The molecule has 0 unspecified atom stereocenters. The Morgan fingerprint density at radius 2 is 1.64 bits per heavy atom. The molecule has 0 bridgehead atoms.